The van der Waals surface area contributed by atoms with Crippen molar-refractivity contribution in [3.8, 4) is 5.75 Å². The average molecular weight is 377 g/mol. The number of hydrogen-bond donors (Lipinski definition) is 1. The van der Waals surface area contributed by atoms with E-state index in [9.17, 15) is 9.90 Å². The Bertz CT molecular complexity index is 507. The van der Waals surface area contributed by atoms with E-state index in [-0.39, 0.29) is 5.97 Å². The summed E-state index contributed by atoms with van der Waals surface area (Å²) in [6, 6.07) is 4.16. The molecule has 0 atom stereocenters. The van der Waals surface area contributed by atoms with Gasteiger partial charge in [0.15, 0.2) is 0 Å². The van der Waals surface area contributed by atoms with E-state index in [1.165, 1.54) is 19.3 Å². The molecule has 0 saturated carbocycles. The molecule has 0 aromatic heterocycles. The number of hydrogen-bond acceptors (Lipinski definition) is 3. The number of aromatic hydroxyl groups is 1. The van der Waals surface area contributed by atoms with Gasteiger partial charge in [-0.1, -0.05) is 71.4 Å². The van der Waals surface area contributed by atoms with Crippen LogP contribution in [0.3, 0.4) is 0 Å². The standard InChI is InChI=1S/C24H40O3/c1-4-7-10-11-12-17-27-23(25)16-15-20-18-21(13-8-5-2)24(26)22(19-20)14-9-6-3/h18-19,26H,4-17H2,1-3H3. The number of carbonyl (C=O) groups excluding carboxylic acids is 1. The molecule has 1 aromatic rings. The zero-order chi connectivity index (χ0) is 19.9. The number of phenolic OH excluding ortho intramolecular Hbond substituents is 1. The van der Waals surface area contributed by atoms with E-state index in [1.54, 1.807) is 0 Å². The SMILES string of the molecule is CCCCCCCOC(=O)CCc1cc(CCCC)c(O)c(CCCC)c1. The molecule has 154 valence electrons. The number of unbranched alkanes of at least 4 members (excludes halogenated alkanes) is 6. The van der Waals surface area contributed by atoms with Crippen LogP contribution in [0.25, 0.3) is 0 Å². The topological polar surface area (TPSA) is 46.5 Å². The summed E-state index contributed by atoms with van der Waals surface area (Å²) >= 11 is 0. The van der Waals surface area contributed by atoms with Crippen LogP contribution in [0.15, 0.2) is 12.1 Å². The average Bonchev–Trinajstić information content (AvgIpc) is 2.67. The molecule has 0 radical (unpaired) electrons. The molecule has 27 heavy (non-hydrogen) atoms. The van der Waals surface area contributed by atoms with E-state index in [0.717, 1.165) is 68.1 Å². The van der Waals surface area contributed by atoms with Crippen molar-refractivity contribution < 1.29 is 14.6 Å². The highest BCUT2D eigenvalue weighted by Gasteiger charge is 2.11. The Morgan fingerprint density at radius 3 is 1.93 bits per heavy atom. The summed E-state index contributed by atoms with van der Waals surface area (Å²) in [5.74, 6) is 0.360. The Hall–Kier alpha value is -1.51. The van der Waals surface area contributed by atoms with Gasteiger partial charge in [0.2, 0.25) is 0 Å². The van der Waals surface area contributed by atoms with E-state index >= 15 is 0 Å². The molecule has 3 nitrogen and oxygen atoms in total. The predicted molar refractivity (Wildman–Crippen MR) is 113 cm³/mol. The molecule has 0 saturated heterocycles. The molecule has 1 aromatic carbocycles. The van der Waals surface area contributed by atoms with Crippen molar-refractivity contribution in [2.24, 2.45) is 0 Å². The molecule has 0 amide bonds. The Morgan fingerprint density at radius 1 is 0.815 bits per heavy atom. The van der Waals surface area contributed by atoms with Gasteiger partial charge in [0, 0.05) is 6.42 Å². The third-order valence-electron chi connectivity index (χ3n) is 5.06. The first-order valence-corrected chi connectivity index (χ1v) is 11.1. The quantitative estimate of drug-likeness (QED) is 0.280. The van der Waals surface area contributed by atoms with Crippen molar-refractivity contribution in [2.75, 3.05) is 6.61 Å². The third kappa shape index (κ3) is 9.83. The number of carbonyl (C=O) groups is 1. The summed E-state index contributed by atoms with van der Waals surface area (Å²) in [5.41, 5.74) is 3.21. The monoisotopic (exact) mass is 376 g/mol. The van der Waals surface area contributed by atoms with Gasteiger partial charge >= 0.3 is 5.97 Å². The fourth-order valence-corrected chi connectivity index (χ4v) is 3.30. The van der Waals surface area contributed by atoms with Gasteiger partial charge in [-0.25, -0.2) is 0 Å². The lowest BCUT2D eigenvalue weighted by molar-refractivity contribution is -0.143. The largest absolute Gasteiger partial charge is 0.507 e. The molecule has 0 spiro atoms. The molecule has 0 aliphatic rings. The van der Waals surface area contributed by atoms with Gasteiger partial charge < -0.3 is 9.84 Å². The molecule has 0 aliphatic heterocycles. The minimum absolute atomic E-state index is 0.108. The predicted octanol–water partition coefficient (Wildman–Crippen LogP) is 6.52. The minimum Gasteiger partial charge on any atom is -0.507 e. The van der Waals surface area contributed by atoms with Crippen molar-refractivity contribution in [3.05, 3.63) is 28.8 Å². The lowest BCUT2D eigenvalue weighted by atomic mass is 9.95. The molecule has 1 N–H and O–H groups in total. The second-order valence-electron chi connectivity index (χ2n) is 7.60. The van der Waals surface area contributed by atoms with Crippen LogP contribution < -0.4 is 0 Å². The molecule has 1 rings (SSSR count). The Labute approximate surface area is 166 Å². The lowest BCUT2D eigenvalue weighted by Gasteiger charge is -2.13. The summed E-state index contributed by atoms with van der Waals surface area (Å²) in [6.45, 7) is 7.07. The first-order chi connectivity index (χ1) is 13.1. The molecular weight excluding hydrogens is 336 g/mol. The number of ether oxygens (including phenoxy) is 1. The third-order valence-corrected chi connectivity index (χ3v) is 5.06. The molecule has 0 unspecified atom stereocenters. The van der Waals surface area contributed by atoms with Gasteiger partial charge in [-0.2, -0.15) is 0 Å². The zero-order valence-electron chi connectivity index (χ0n) is 17.8. The Morgan fingerprint density at radius 2 is 1.37 bits per heavy atom. The molecule has 3 heteroatoms. The Kier molecular flexibility index (Phi) is 12.7. The van der Waals surface area contributed by atoms with E-state index in [1.807, 2.05) is 0 Å². The number of benzene rings is 1. The number of esters is 1. The number of phenols is 1. The normalized spacial score (nSPS) is 10.9. The van der Waals surface area contributed by atoms with Crippen LogP contribution in [0, 0.1) is 0 Å². The van der Waals surface area contributed by atoms with E-state index in [0.29, 0.717) is 25.2 Å². The van der Waals surface area contributed by atoms with Crippen molar-refractivity contribution >= 4 is 5.97 Å². The highest BCUT2D eigenvalue weighted by Crippen LogP contribution is 2.28. The molecule has 0 bridgehead atoms. The van der Waals surface area contributed by atoms with Crippen LogP contribution in [-0.4, -0.2) is 17.7 Å². The van der Waals surface area contributed by atoms with E-state index < -0.39 is 0 Å². The summed E-state index contributed by atoms with van der Waals surface area (Å²) in [4.78, 5) is 12.0. The second kappa shape index (κ2) is 14.5. The van der Waals surface area contributed by atoms with Crippen LogP contribution in [-0.2, 0) is 28.8 Å². The van der Waals surface area contributed by atoms with Gasteiger partial charge in [-0.05, 0) is 55.2 Å². The fourth-order valence-electron chi connectivity index (χ4n) is 3.30. The molecule has 0 fully saturated rings. The van der Waals surface area contributed by atoms with Crippen LogP contribution >= 0.6 is 0 Å². The molecule has 0 heterocycles. The maximum absolute atomic E-state index is 12.0. The molecular formula is C24H40O3. The van der Waals surface area contributed by atoms with Crippen LogP contribution in [0.1, 0.15) is 102 Å². The first-order valence-electron chi connectivity index (χ1n) is 11.1. The van der Waals surface area contributed by atoms with E-state index in [2.05, 4.69) is 32.9 Å². The lowest BCUT2D eigenvalue weighted by Crippen LogP contribution is -2.07. The Balaban J connectivity index is 2.55. The van der Waals surface area contributed by atoms with Gasteiger partial charge in [-0.3, -0.25) is 4.79 Å². The number of rotatable bonds is 15. The van der Waals surface area contributed by atoms with Crippen LogP contribution in [0.2, 0.25) is 0 Å². The fraction of sp³-hybridized carbons (Fsp3) is 0.708. The second-order valence-corrected chi connectivity index (χ2v) is 7.60. The van der Waals surface area contributed by atoms with Crippen LogP contribution in [0.5, 0.6) is 5.75 Å². The zero-order valence-corrected chi connectivity index (χ0v) is 17.8. The minimum atomic E-state index is -0.108. The summed E-state index contributed by atoms with van der Waals surface area (Å²) in [7, 11) is 0. The highest BCUT2D eigenvalue weighted by atomic mass is 16.5. The first kappa shape index (κ1) is 23.5. The van der Waals surface area contributed by atoms with Gasteiger partial charge in [0.25, 0.3) is 0 Å². The summed E-state index contributed by atoms with van der Waals surface area (Å²) in [6.07, 6.45) is 13.1. The maximum atomic E-state index is 12.0. The smallest absolute Gasteiger partial charge is 0.306 e. The van der Waals surface area contributed by atoms with Gasteiger partial charge in [0.05, 0.1) is 6.61 Å². The van der Waals surface area contributed by atoms with Crippen molar-refractivity contribution in [3.63, 3.8) is 0 Å². The summed E-state index contributed by atoms with van der Waals surface area (Å²) in [5, 5.41) is 10.6. The summed E-state index contributed by atoms with van der Waals surface area (Å²) < 4.78 is 5.37. The van der Waals surface area contributed by atoms with Crippen molar-refractivity contribution in [1.29, 1.82) is 0 Å². The highest BCUT2D eigenvalue weighted by molar-refractivity contribution is 5.69. The van der Waals surface area contributed by atoms with E-state index in [4.69, 9.17) is 4.74 Å². The van der Waals surface area contributed by atoms with Crippen molar-refractivity contribution in [2.45, 2.75) is 104 Å². The van der Waals surface area contributed by atoms with Crippen LogP contribution in [0.4, 0.5) is 0 Å². The van der Waals surface area contributed by atoms with Crippen molar-refractivity contribution in [1.82, 2.24) is 0 Å². The molecule has 0 aliphatic carbocycles. The van der Waals surface area contributed by atoms with Gasteiger partial charge in [-0.15, -0.1) is 0 Å². The number of aryl methyl sites for hydroxylation is 3. The maximum Gasteiger partial charge on any atom is 0.306 e. The van der Waals surface area contributed by atoms with Gasteiger partial charge in [0.1, 0.15) is 5.75 Å².